The van der Waals surface area contributed by atoms with E-state index in [0.717, 1.165) is 67.6 Å². The van der Waals surface area contributed by atoms with Gasteiger partial charge in [0, 0.05) is 13.0 Å². The minimum absolute atomic E-state index is 0.0769. The summed E-state index contributed by atoms with van der Waals surface area (Å²) in [5, 5.41) is 21.7. The molecule has 4 N–H and O–H groups in total. The van der Waals surface area contributed by atoms with Crippen LogP contribution in [0.5, 0.6) is 0 Å². The van der Waals surface area contributed by atoms with Crippen molar-refractivity contribution in [2.24, 2.45) is 11.8 Å². The number of nitrogens with zero attached hydrogens (tertiary/aromatic N) is 2. The SMILES string of the molecule is CCCCc1ncc(CNC(=O)C(C(=O)NO)C2CCCC2)n1Cc1ccc(-c2ccccc2C(=O)O)cc1. The second-order valence-electron chi connectivity index (χ2n) is 10.1. The molecular weight excluding hydrogens is 496 g/mol. The number of hydrogen-bond donors (Lipinski definition) is 4. The molecular formula is C30H36N4O5. The van der Waals surface area contributed by atoms with Crippen LogP contribution in [0.4, 0.5) is 0 Å². The molecule has 3 aromatic rings. The number of carbonyl (C=O) groups is 3. The number of benzene rings is 2. The molecule has 206 valence electrons. The number of aryl methyl sites for hydroxylation is 1. The highest BCUT2D eigenvalue weighted by atomic mass is 16.5. The predicted octanol–water partition coefficient (Wildman–Crippen LogP) is 4.57. The third-order valence-electron chi connectivity index (χ3n) is 7.53. The zero-order valence-corrected chi connectivity index (χ0v) is 22.2. The van der Waals surface area contributed by atoms with E-state index in [1.54, 1.807) is 29.9 Å². The van der Waals surface area contributed by atoms with Crippen LogP contribution in [0.1, 0.15) is 72.9 Å². The van der Waals surface area contributed by atoms with Crippen LogP contribution < -0.4 is 10.8 Å². The molecule has 9 nitrogen and oxygen atoms in total. The molecule has 0 aliphatic heterocycles. The Balaban J connectivity index is 1.52. The summed E-state index contributed by atoms with van der Waals surface area (Å²) in [4.78, 5) is 41.6. The van der Waals surface area contributed by atoms with Crippen molar-refractivity contribution in [1.82, 2.24) is 20.3 Å². The first-order valence-electron chi connectivity index (χ1n) is 13.6. The van der Waals surface area contributed by atoms with Crippen LogP contribution in [0.3, 0.4) is 0 Å². The highest BCUT2D eigenvalue weighted by Gasteiger charge is 2.36. The molecule has 4 rings (SSSR count). The van der Waals surface area contributed by atoms with Crippen molar-refractivity contribution in [2.45, 2.75) is 65.0 Å². The second-order valence-corrected chi connectivity index (χ2v) is 10.1. The molecule has 0 saturated heterocycles. The van der Waals surface area contributed by atoms with E-state index in [2.05, 4.69) is 21.8 Å². The van der Waals surface area contributed by atoms with Gasteiger partial charge in [-0.2, -0.15) is 0 Å². The fourth-order valence-electron chi connectivity index (χ4n) is 5.41. The van der Waals surface area contributed by atoms with Crippen molar-refractivity contribution in [3.8, 4) is 11.1 Å². The van der Waals surface area contributed by atoms with Crippen molar-refractivity contribution in [3.05, 3.63) is 77.4 Å². The Bertz CT molecular complexity index is 1290. The van der Waals surface area contributed by atoms with Gasteiger partial charge in [-0.15, -0.1) is 0 Å². The van der Waals surface area contributed by atoms with Gasteiger partial charge in [-0.3, -0.25) is 14.8 Å². The standard InChI is InChI=1S/C30H36N4O5/c1-2-3-12-26-31-17-23(18-32-28(35)27(29(36)33-39)22-8-4-5-9-22)34(26)19-20-13-15-21(16-14-20)24-10-6-7-11-25(24)30(37)38/h6-7,10-11,13-17,22,27,39H,2-5,8-9,12,18-19H2,1H3,(H,32,35)(H,33,36)(H,37,38). The Morgan fingerprint density at radius 3 is 2.44 bits per heavy atom. The van der Waals surface area contributed by atoms with Crippen molar-refractivity contribution in [3.63, 3.8) is 0 Å². The minimum Gasteiger partial charge on any atom is -0.478 e. The van der Waals surface area contributed by atoms with Crippen LogP contribution in [-0.4, -0.2) is 37.6 Å². The van der Waals surface area contributed by atoms with Crippen molar-refractivity contribution in [1.29, 1.82) is 0 Å². The lowest BCUT2D eigenvalue weighted by atomic mass is 9.89. The van der Waals surface area contributed by atoms with Gasteiger partial charge >= 0.3 is 5.97 Å². The summed E-state index contributed by atoms with van der Waals surface area (Å²) in [6.45, 7) is 2.87. The van der Waals surface area contributed by atoms with Crippen LogP contribution >= 0.6 is 0 Å². The Morgan fingerprint density at radius 1 is 1.05 bits per heavy atom. The largest absolute Gasteiger partial charge is 0.478 e. The Kier molecular flexibility index (Phi) is 9.49. The lowest BCUT2D eigenvalue weighted by Gasteiger charge is -2.21. The summed E-state index contributed by atoms with van der Waals surface area (Å²) in [6.07, 6.45) is 8.09. The highest BCUT2D eigenvalue weighted by molar-refractivity contribution is 6.00. The normalized spacial score (nSPS) is 14.2. The number of aromatic nitrogens is 2. The van der Waals surface area contributed by atoms with E-state index in [9.17, 15) is 24.7 Å². The van der Waals surface area contributed by atoms with Gasteiger partial charge in [0.15, 0.2) is 0 Å². The smallest absolute Gasteiger partial charge is 0.336 e. The molecule has 2 amide bonds. The summed E-state index contributed by atoms with van der Waals surface area (Å²) in [6, 6.07) is 14.7. The van der Waals surface area contributed by atoms with Crippen molar-refractivity contribution >= 4 is 17.8 Å². The number of unbranched alkanes of at least 4 members (excludes halogenated alkanes) is 1. The summed E-state index contributed by atoms with van der Waals surface area (Å²) in [7, 11) is 0. The lowest BCUT2D eigenvalue weighted by Crippen LogP contribution is -2.43. The molecule has 0 spiro atoms. The van der Waals surface area contributed by atoms with Gasteiger partial charge in [0.1, 0.15) is 11.7 Å². The van der Waals surface area contributed by atoms with E-state index >= 15 is 0 Å². The van der Waals surface area contributed by atoms with Crippen molar-refractivity contribution in [2.75, 3.05) is 0 Å². The third kappa shape index (κ3) is 6.72. The first-order valence-corrected chi connectivity index (χ1v) is 13.6. The molecule has 0 radical (unpaired) electrons. The number of carboxylic acid groups (broad SMARTS) is 1. The van der Waals surface area contributed by atoms with Gasteiger partial charge in [0.05, 0.1) is 24.0 Å². The Labute approximate surface area is 228 Å². The summed E-state index contributed by atoms with van der Waals surface area (Å²) in [5.74, 6) is -2.10. The molecule has 1 saturated carbocycles. The molecule has 1 heterocycles. The maximum atomic E-state index is 13.0. The number of hydrogen-bond acceptors (Lipinski definition) is 5. The zero-order chi connectivity index (χ0) is 27.8. The van der Waals surface area contributed by atoms with E-state index in [1.807, 2.05) is 30.3 Å². The Morgan fingerprint density at radius 2 is 1.77 bits per heavy atom. The molecule has 2 aromatic carbocycles. The average molecular weight is 533 g/mol. The molecule has 1 unspecified atom stereocenters. The van der Waals surface area contributed by atoms with E-state index in [4.69, 9.17) is 0 Å². The van der Waals surface area contributed by atoms with E-state index in [1.165, 1.54) is 0 Å². The Hall–Kier alpha value is -3.98. The van der Waals surface area contributed by atoms with Gasteiger partial charge in [0.2, 0.25) is 5.91 Å². The summed E-state index contributed by atoms with van der Waals surface area (Å²) >= 11 is 0. The number of imidazole rings is 1. The number of rotatable bonds is 12. The molecule has 1 atom stereocenters. The minimum atomic E-state index is -0.966. The molecule has 1 fully saturated rings. The molecule has 0 bridgehead atoms. The summed E-state index contributed by atoms with van der Waals surface area (Å²) in [5.41, 5.74) is 5.24. The van der Waals surface area contributed by atoms with Crippen LogP contribution in [0, 0.1) is 11.8 Å². The number of carbonyl (C=O) groups excluding carboxylic acids is 2. The van der Waals surface area contributed by atoms with Gasteiger partial charge in [-0.05, 0) is 47.9 Å². The quantitative estimate of drug-likeness (QED) is 0.153. The van der Waals surface area contributed by atoms with Crippen LogP contribution in [-0.2, 0) is 29.1 Å². The van der Waals surface area contributed by atoms with Crippen LogP contribution in [0.25, 0.3) is 11.1 Å². The number of aromatic carboxylic acids is 1. The number of amides is 2. The average Bonchev–Trinajstić information content (AvgIpc) is 3.61. The van der Waals surface area contributed by atoms with E-state index < -0.39 is 23.7 Å². The fraction of sp³-hybridized carbons (Fsp3) is 0.400. The predicted molar refractivity (Wildman–Crippen MR) is 146 cm³/mol. The zero-order valence-electron chi connectivity index (χ0n) is 22.2. The molecule has 1 aliphatic rings. The lowest BCUT2D eigenvalue weighted by molar-refractivity contribution is -0.143. The van der Waals surface area contributed by atoms with Gasteiger partial charge in [-0.25, -0.2) is 15.3 Å². The van der Waals surface area contributed by atoms with Crippen molar-refractivity contribution < 1.29 is 24.7 Å². The topological polar surface area (TPSA) is 134 Å². The summed E-state index contributed by atoms with van der Waals surface area (Å²) < 4.78 is 2.09. The molecule has 1 aliphatic carbocycles. The number of carboxylic acids is 1. The molecule has 1 aromatic heterocycles. The van der Waals surface area contributed by atoms with Gasteiger partial charge in [0.25, 0.3) is 5.91 Å². The van der Waals surface area contributed by atoms with Gasteiger partial charge in [-0.1, -0.05) is 68.7 Å². The fourth-order valence-corrected chi connectivity index (χ4v) is 5.41. The maximum Gasteiger partial charge on any atom is 0.336 e. The highest BCUT2D eigenvalue weighted by Crippen LogP contribution is 2.32. The molecule has 39 heavy (non-hydrogen) atoms. The van der Waals surface area contributed by atoms with Crippen LogP contribution in [0.15, 0.2) is 54.7 Å². The number of hydroxylamine groups is 1. The van der Waals surface area contributed by atoms with E-state index in [0.29, 0.717) is 12.1 Å². The first kappa shape index (κ1) is 28.0. The monoisotopic (exact) mass is 532 g/mol. The first-order chi connectivity index (χ1) is 18.9. The maximum absolute atomic E-state index is 13.0. The van der Waals surface area contributed by atoms with E-state index in [-0.39, 0.29) is 18.0 Å². The van der Waals surface area contributed by atoms with Gasteiger partial charge < -0.3 is 15.0 Å². The second kappa shape index (κ2) is 13.2. The third-order valence-corrected chi connectivity index (χ3v) is 7.53. The molecule has 9 heteroatoms. The number of nitrogens with one attached hydrogen (secondary N) is 2. The van der Waals surface area contributed by atoms with Crippen LogP contribution in [0.2, 0.25) is 0 Å².